The minimum absolute atomic E-state index is 0.0931. The highest BCUT2D eigenvalue weighted by atomic mass is 16.2. The van der Waals surface area contributed by atoms with Crippen molar-refractivity contribution in [3.63, 3.8) is 0 Å². The summed E-state index contributed by atoms with van der Waals surface area (Å²) in [6.45, 7) is 1.11. The van der Waals surface area contributed by atoms with Crippen molar-refractivity contribution in [2.45, 2.75) is 6.54 Å². The lowest BCUT2D eigenvalue weighted by molar-refractivity contribution is -0.127. The number of rotatable bonds is 4. The number of nitrogens with zero attached hydrogens (tertiary/aromatic N) is 1. The van der Waals surface area contributed by atoms with Crippen molar-refractivity contribution < 1.29 is 4.79 Å². The fourth-order valence-corrected chi connectivity index (χ4v) is 0.940. The van der Waals surface area contributed by atoms with Crippen LogP contribution in [0.3, 0.4) is 0 Å². The maximum atomic E-state index is 11.1. The summed E-state index contributed by atoms with van der Waals surface area (Å²) in [5.74, 6) is 0.0931. The molecule has 0 aliphatic heterocycles. The van der Waals surface area contributed by atoms with Crippen molar-refractivity contribution in [3.8, 4) is 0 Å². The molecular weight excluding hydrogens is 166 g/mol. The molecule has 0 spiro atoms. The third kappa shape index (κ3) is 3.29. The van der Waals surface area contributed by atoms with E-state index in [9.17, 15) is 4.79 Å². The Bertz CT molecular complexity index is 254. The maximum Gasteiger partial charge on any atom is 0.236 e. The average molecular weight is 181 g/mol. The highest BCUT2D eigenvalue weighted by Crippen LogP contribution is 1.94. The Morgan fingerprint density at radius 3 is 2.92 bits per heavy atom. The van der Waals surface area contributed by atoms with E-state index in [1.165, 1.54) is 0 Å². The van der Waals surface area contributed by atoms with Crippen LogP contribution in [0.5, 0.6) is 0 Å². The van der Waals surface area contributed by atoms with E-state index < -0.39 is 0 Å². The van der Waals surface area contributed by atoms with Gasteiger partial charge in [-0.3, -0.25) is 4.79 Å². The second-order valence-corrected chi connectivity index (χ2v) is 3.11. The van der Waals surface area contributed by atoms with Crippen LogP contribution in [0.15, 0.2) is 18.5 Å². The first-order valence-corrected chi connectivity index (χ1v) is 4.22. The number of amides is 1. The number of aromatic nitrogens is 1. The molecule has 0 saturated carbocycles. The zero-order chi connectivity index (χ0) is 9.68. The van der Waals surface area contributed by atoms with Crippen molar-refractivity contribution in [2.75, 3.05) is 20.6 Å². The van der Waals surface area contributed by atoms with Crippen molar-refractivity contribution in [1.82, 2.24) is 15.2 Å². The van der Waals surface area contributed by atoms with E-state index in [1.54, 1.807) is 19.0 Å². The third-order valence-corrected chi connectivity index (χ3v) is 1.77. The van der Waals surface area contributed by atoms with Gasteiger partial charge in [-0.05, 0) is 11.6 Å². The number of aromatic amines is 1. The van der Waals surface area contributed by atoms with E-state index in [-0.39, 0.29) is 5.91 Å². The molecule has 0 atom stereocenters. The molecule has 2 N–H and O–H groups in total. The smallest absolute Gasteiger partial charge is 0.236 e. The molecule has 4 nitrogen and oxygen atoms in total. The molecule has 0 radical (unpaired) electrons. The molecule has 0 aliphatic rings. The molecule has 72 valence electrons. The summed E-state index contributed by atoms with van der Waals surface area (Å²) in [4.78, 5) is 15.7. The van der Waals surface area contributed by atoms with E-state index in [1.807, 2.05) is 18.5 Å². The number of nitrogens with one attached hydrogen (secondary N) is 2. The second-order valence-electron chi connectivity index (χ2n) is 3.11. The van der Waals surface area contributed by atoms with Crippen LogP contribution in [0.25, 0.3) is 0 Å². The molecule has 0 bridgehead atoms. The van der Waals surface area contributed by atoms with Crippen molar-refractivity contribution >= 4 is 5.91 Å². The van der Waals surface area contributed by atoms with Gasteiger partial charge in [-0.15, -0.1) is 0 Å². The Hall–Kier alpha value is -1.29. The summed E-state index contributed by atoms with van der Waals surface area (Å²) < 4.78 is 0. The molecule has 0 fully saturated rings. The van der Waals surface area contributed by atoms with Crippen LogP contribution < -0.4 is 5.32 Å². The number of hydrogen-bond donors (Lipinski definition) is 2. The normalized spacial score (nSPS) is 10.0. The number of likely N-dealkylation sites (N-methyl/N-ethyl adjacent to an activating group) is 1. The van der Waals surface area contributed by atoms with Crippen molar-refractivity contribution in [1.29, 1.82) is 0 Å². The highest BCUT2D eigenvalue weighted by molar-refractivity contribution is 5.77. The van der Waals surface area contributed by atoms with Gasteiger partial charge >= 0.3 is 0 Å². The Morgan fingerprint density at radius 1 is 1.62 bits per heavy atom. The third-order valence-electron chi connectivity index (χ3n) is 1.77. The quantitative estimate of drug-likeness (QED) is 0.696. The number of carbonyl (C=O) groups excluding carboxylic acids is 1. The molecule has 1 aromatic rings. The highest BCUT2D eigenvalue weighted by Gasteiger charge is 2.01. The zero-order valence-electron chi connectivity index (χ0n) is 8.00. The van der Waals surface area contributed by atoms with Crippen LogP contribution in [0.1, 0.15) is 5.56 Å². The molecule has 13 heavy (non-hydrogen) atoms. The van der Waals surface area contributed by atoms with Crippen LogP contribution >= 0.6 is 0 Å². The summed E-state index contributed by atoms with van der Waals surface area (Å²) in [7, 11) is 3.50. The Morgan fingerprint density at radius 2 is 2.38 bits per heavy atom. The standard InChI is InChI=1S/C9H15N3O/c1-12(2)9(13)7-11-6-8-3-4-10-5-8/h3-5,10-11H,6-7H2,1-2H3. The van der Waals surface area contributed by atoms with Gasteiger partial charge in [-0.2, -0.15) is 0 Å². The van der Waals surface area contributed by atoms with Crippen LogP contribution in [0.2, 0.25) is 0 Å². The Balaban J connectivity index is 2.18. The van der Waals surface area contributed by atoms with E-state index in [0.717, 1.165) is 12.1 Å². The molecule has 0 aliphatic carbocycles. The first kappa shape index (κ1) is 9.80. The SMILES string of the molecule is CN(C)C(=O)CNCc1cc[nH]c1. The summed E-state index contributed by atoms with van der Waals surface area (Å²) in [6.07, 6.45) is 3.78. The summed E-state index contributed by atoms with van der Waals surface area (Å²) in [5.41, 5.74) is 1.16. The van der Waals surface area contributed by atoms with Gasteiger partial charge in [0.15, 0.2) is 0 Å². The maximum absolute atomic E-state index is 11.1. The van der Waals surface area contributed by atoms with Gasteiger partial charge in [0.25, 0.3) is 0 Å². The molecule has 1 amide bonds. The second kappa shape index (κ2) is 4.67. The van der Waals surface area contributed by atoms with Gasteiger partial charge < -0.3 is 15.2 Å². The fraction of sp³-hybridized carbons (Fsp3) is 0.444. The van der Waals surface area contributed by atoms with Gasteiger partial charge in [-0.1, -0.05) is 0 Å². The molecule has 0 aromatic carbocycles. The number of carbonyl (C=O) groups is 1. The lowest BCUT2D eigenvalue weighted by Gasteiger charge is -2.10. The molecule has 0 unspecified atom stereocenters. The topological polar surface area (TPSA) is 48.1 Å². The van der Waals surface area contributed by atoms with Crippen molar-refractivity contribution in [3.05, 3.63) is 24.0 Å². The van der Waals surface area contributed by atoms with E-state index in [0.29, 0.717) is 6.54 Å². The molecule has 1 heterocycles. The molecule has 0 saturated heterocycles. The number of H-pyrrole nitrogens is 1. The monoisotopic (exact) mass is 181 g/mol. The minimum Gasteiger partial charge on any atom is -0.367 e. The van der Waals surface area contributed by atoms with Crippen LogP contribution in [-0.2, 0) is 11.3 Å². The van der Waals surface area contributed by atoms with Gasteiger partial charge in [0.05, 0.1) is 6.54 Å². The summed E-state index contributed by atoms with van der Waals surface area (Å²) in [5, 5.41) is 3.06. The first-order valence-electron chi connectivity index (χ1n) is 4.22. The summed E-state index contributed by atoms with van der Waals surface area (Å²) in [6, 6.07) is 1.98. The largest absolute Gasteiger partial charge is 0.367 e. The molecule has 1 rings (SSSR count). The predicted molar refractivity (Wildman–Crippen MR) is 51.2 cm³/mol. The first-order chi connectivity index (χ1) is 6.20. The minimum atomic E-state index is 0.0931. The van der Waals surface area contributed by atoms with Gasteiger partial charge in [0, 0.05) is 33.0 Å². The van der Waals surface area contributed by atoms with E-state index >= 15 is 0 Å². The van der Waals surface area contributed by atoms with E-state index in [4.69, 9.17) is 0 Å². The van der Waals surface area contributed by atoms with Crippen LogP contribution in [0, 0.1) is 0 Å². The van der Waals surface area contributed by atoms with Gasteiger partial charge in [0.1, 0.15) is 0 Å². The average Bonchev–Trinajstić information content (AvgIpc) is 2.56. The number of hydrogen-bond acceptors (Lipinski definition) is 2. The van der Waals surface area contributed by atoms with Crippen LogP contribution in [0.4, 0.5) is 0 Å². The Labute approximate surface area is 77.9 Å². The lowest BCUT2D eigenvalue weighted by Crippen LogP contribution is -2.32. The van der Waals surface area contributed by atoms with Gasteiger partial charge in [0.2, 0.25) is 5.91 Å². The predicted octanol–water partition coefficient (Wildman–Crippen LogP) is 0.192. The molecular formula is C9H15N3O. The van der Waals surface area contributed by atoms with Crippen LogP contribution in [-0.4, -0.2) is 36.4 Å². The summed E-state index contributed by atoms with van der Waals surface area (Å²) >= 11 is 0. The van der Waals surface area contributed by atoms with E-state index in [2.05, 4.69) is 10.3 Å². The Kier molecular flexibility index (Phi) is 3.52. The fourth-order valence-electron chi connectivity index (χ4n) is 0.940. The van der Waals surface area contributed by atoms with Crippen molar-refractivity contribution in [2.24, 2.45) is 0 Å². The zero-order valence-corrected chi connectivity index (χ0v) is 8.00. The molecule has 4 heteroatoms. The van der Waals surface area contributed by atoms with Gasteiger partial charge in [-0.25, -0.2) is 0 Å². The lowest BCUT2D eigenvalue weighted by atomic mass is 10.3. The molecule has 1 aromatic heterocycles.